The molecule has 5 atom stereocenters. The Kier molecular flexibility index (Phi) is 8.27. The lowest BCUT2D eigenvalue weighted by Crippen LogP contribution is -2.41. The summed E-state index contributed by atoms with van der Waals surface area (Å²) in [5.41, 5.74) is 0.660. The molecule has 2 saturated carbocycles. The van der Waals surface area contributed by atoms with Crippen LogP contribution >= 0.6 is 11.8 Å². The Balaban J connectivity index is 1.49. The van der Waals surface area contributed by atoms with Crippen LogP contribution in [0.3, 0.4) is 0 Å². The van der Waals surface area contributed by atoms with Gasteiger partial charge in [-0.25, -0.2) is 0 Å². The monoisotopic (exact) mass is 430 g/mol. The van der Waals surface area contributed by atoms with Crippen molar-refractivity contribution in [3.8, 4) is 0 Å². The van der Waals surface area contributed by atoms with Crippen molar-refractivity contribution < 1.29 is 9.59 Å². The molecule has 2 aliphatic rings. The Morgan fingerprint density at radius 2 is 1.80 bits per heavy atom. The standard InChI is InChI=1S/C25H38N2O2S/c1-16(2)9-10-17(3)26-25(29)21-7-5-6-8-23(21)30-15-24(28)27-18(4)22-14-19-11-12-20(22)13-19/h5-8,16-20,22H,9-15H2,1-4H3,(H,26,29)(H,27,28)/t17-,18+,19-,20-,22+/m0/s1. The van der Waals surface area contributed by atoms with Crippen molar-refractivity contribution in [1.29, 1.82) is 0 Å². The van der Waals surface area contributed by atoms with Gasteiger partial charge in [-0.2, -0.15) is 0 Å². The molecule has 2 amide bonds. The highest BCUT2D eigenvalue weighted by atomic mass is 32.2. The Hall–Kier alpha value is -1.49. The van der Waals surface area contributed by atoms with Crippen molar-refractivity contribution in [3.05, 3.63) is 29.8 Å². The minimum Gasteiger partial charge on any atom is -0.353 e. The van der Waals surface area contributed by atoms with Crippen LogP contribution < -0.4 is 10.6 Å². The van der Waals surface area contributed by atoms with E-state index in [2.05, 4.69) is 38.3 Å². The van der Waals surface area contributed by atoms with E-state index in [1.54, 1.807) is 0 Å². The quantitative estimate of drug-likeness (QED) is 0.497. The van der Waals surface area contributed by atoms with Crippen LogP contribution in [0.15, 0.2) is 29.2 Å². The number of nitrogens with one attached hydrogen (secondary N) is 2. The molecule has 2 aliphatic carbocycles. The van der Waals surface area contributed by atoms with Crippen molar-refractivity contribution in [3.63, 3.8) is 0 Å². The van der Waals surface area contributed by atoms with E-state index in [1.807, 2.05) is 24.3 Å². The number of hydrogen-bond acceptors (Lipinski definition) is 3. The molecule has 5 heteroatoms. The zero-order chi connectivity index (χ0) is 21.7. The molecule has 2 N–H and O–H groups in total. The SMILES string of the molecule is CC(C)CC[C@H](C)NC(=O)c1ccccc1SCC(=O)N[C@H](C)[C@H]1C[C@H]2CC[C@H]1C2. The molecular weight excluding hydrogens is 392 g/mol. The maximum atomic E-state index is 12.8. The first-order chi connectivity index (χ1) is 14.3. The van der Waals surface area contributed by atoms with Crippen LogP contribution in [-0.4, -0.2) is 29.7 Å². The van der Waals surface area contributed by atoms with E-state index in [0.717, 1.165) is 29.6 Å². The van der Waals surface area contributed by atoms with Gasteiger partial charge in [-0.05, 0) is 81.8 Å². The van der Waals surface area contributed by atoms with Crippen LogP contribution in [0, 0.1) is 23.7 Å². The molecule has 0 saturated heterocycles. The summed E-state index contributed by atoms with van der Waals surface area (Å²) in [6.07, 6.45) is 7.42. The summed E-state index contributed by atoms with van der Waals surface area (Å²) >= 11 is 1.46. The summed E-state index contributed by atoms with van der Waals surface area (Å²) in [4.78, 5) is 26.2. The van der Waals surface area contributed by atoms with Crippen molar-refractivity contribution in [2.75, 3.05) is 5.75 Å². The minimum absolute atomic E-state index is 0.0508. The van der Waals surface area contributed by atoms with Crippen LogP contribution in [0.5, 0.6) is 0 Å². The van der Waals surface area contributed by atoms with Gasteiger partial charge in [-0.1, -0.05) is 32.4 Å². The molecule has 4 nitrogen and oxygen atoms in total. The lowest BCUT2D eigenvalue weighted by atomic mass is 9.84. The van der Waals surface area contributed by atoms with E-state index in [9.17, 15) is 9.59 Å². The third-order valence-electron chi connectivity index (χ3n) is 6.87. The first-order valence-corrected chi connectivity index (χ1v) is 12.6. The second-order valence-electron chi connectivity index (χ2n) is 9.83. The molecule has 0 unspecified atom stereocenters. The lowest BCUT2D eigenvalue weighted by molar-refractivity contribution is -0.119. The lowest BCUT2D eigenvalue weighted by Gasteiger charge is -2.28. The molecule has 30 heavy (non-hydrogen) atoms. The molecule has 0 radical (unpaired) electrons. The van der Waals surface area contributed by atoms with E-state index >= 15 is 0 Å². The van der Waals surface area contributed by atoms with Crippen LogP contribution in [0.25, 0.3) is 0 Å². The van der Waals surface area contributed by atoms with Gasteiger partial charge >= 0.3 is 0 Å². The maximum absolute atomic E-state index is 12.8. The van der Waals surface area contributed by atoms with Gasteiger partial charge in [0.2, 0.25) is 5.91 Å². The Morgan fingerprint density at radius 3 is 2.47 bits per heavy atom. The van der Waals surface area contributed by atoms with Gasteiger partial charge in [-0.3, -0.25) is 9.59 Å². The van der Waals surface area contributed by atoms with Crippen molar-refractivity contribution in [1.82, 2.24) is 10.6 Å². The maximum Gasteiger partial charge on any atom is 0.252 e. The van der Waals surface area contributed by atoms with Crippen molar-refractivity contribution in [2.24, 2.45) is 23.7 Å². The number of benzene rings is 1. The molecule has 3 rings (SSSR count). The van der Waals surface area contributed by atoms with Gasteiger partial charge in [0.25, 0.3) is 5.91 Å². The van der Waals surface area contributed by atoms with Crippen molar-refractivity contribution in [2.45, 2.75) is 83.2 Å². The van der Waals surface area contributed by atoms with Gasteiger partial charge in [0.05, 0.1) is 11.3 Å². The van der Waals surface area contributed by atoms with Crippen molar-refractivity contribution >= 4 is 23.6 Å². The molecular formula is C25H38N2O2S. The summed E-state index contributed by atoms with van der Waals surface area (Å²) in [6.45, 7) is 8.61. The largest absolute Gasteiger partial charge is 0.353 e. The predicted molar refractivity (Wildman–Crippen MR) is 125 cm³/mol. The zero-order valence-corrected chi connectivity index (χ0v) is 19.8. The Bertz CT molecular complexity index is 736. The fourth-order valence-corrected chi connectivity index (χ4v) is 6.05. The number of carbonyl (C=O) groups is 2. The highest BCUT2D eigenvalue weighted by molar-refractivity contribution is 8.00. The minimum atomic E-state index is -0.0508. The van der Waals surface area contributed by atoms with E-state index < -0.39 is 0 Å². The summed E-state index contributed by atoms with van der Waals surface area (Å²) in [5, 5.41) is 6.34. The van der Waals surface area contributed by atoms with Crippen LogP contribution in [0.4, 0.5) is 0 Å². The molecule has 2 bridgehead atoms. The third-order valence-corrected chi connectivity index (χ3v) is 7.94. The van der Waals surface area contributed by atoms with Gasteiger partial charge < -0.3 is 10.6 Å². The molecule has 0 heterocycles. The predicted octanol–water partition coefficient (Wildman–Crippen LogP) is 5.27. The fraction of sp³-hybridized carbons (Fsp3) is 0.680. The highest BCUT2D eigenvalue weighted by Gasteiger charge is 2.42. The number of rotatable bonds is 10. The van der Waals surface area contributed by atoms with E-state index in [4.69, 9.17) is 0 Å². The third kappa shape index (κ3) is 6.26. The smallest absolute Gasteiger partial charge is 0.252 e. The second kappa shape index (κ2) is 10.7. The average molecular weight is 431 g/mol. The Labute approximate surface area is 186 Å². The van der Waals surface area contributed by atoms with E-state index in [0.29, 0.717) is 23.2 Å². The summed E-state index contributed by atoms with van der Waals surface area (Å²) in [6, 6.07) is 7.98. The molecule has 166 valence electrons. The van der Waals surface area contributed by atoms with Crippen LogP contribution in [0.1, 0.15) is 76.6 Å². The topological polar surface area (TPSA) is 58.2 Å². The number of fused-ring (bicyclic) bond motifs is 2. The number of amides is 2. The fourth-order valence-electron chi connectivity index (χ4n) is 5.19. The first kappa shape index (κ1) is 23.2. The molecule has 1 aromatic rings. The van der Waals surface area contributed by atoms with Gasteiger partial charge in [-0.15, -0.1) is 11.8 Å². The average Bonchev–Trinajstić information content (AvgIpc) is 3.34. The molecule has 0 aliphatic heterocycles. The molecule has 0 aromatic heterocycles. The van der Waals surface area contributed by atoms with E-state index in [1.165, 1.54) is 37.4 Å². The van der Waals surface area contributed by atoms with Gasteiger partial charge in [0.15, 0.2) is 0 Å². The second-order valence-corrected chi connectivity index (χ2v) is 10.8. The zero-order valence-electron chi connectivity index (χ0n) is 18.9. The van der Waals surface area contributed by atoms with Gasteiger partial charge in [0.1, 0.15) is 0 Å². The normalized spacial score (nSPS) is 24.6. The summed E-state index contributed by atoms with van der Waals surface area (Å²) < 4.78 is 0. The van der Waals surface area contributed by atoms with Crippen LogP contribution in [-0.2, 0) is 4.79 Å². The molecule has 0 spiro atoms. The first-order valence-electron chi connectivity index (χ1n) is 11.7. The van der Waals surface area contributed by atoms with Crippen LogP contribution in [0.2, 0.25) is 0 Å². The molecule has 1 aromatic carbocycles. The van der Waals surface area contributed by atoms with E-state index in [-0.39, 0.29) is 23.9 Å². The summed E-state index contributed by atoms with van der Waals surface area (Å²) in [5.74, 6) is 3.33. The molecule has 2 fully saturated rings. The Morgan fingerprint density at radius 1 is 1.03 bits per heavy atom. The summed E-state index contributed by atoms with van der Waals surface area (Å²) in [7, 11) is 0. The van der Waals surface area contributed by atoms with Gasteiger partial charge in [0, 0.05) is 17.0 Å². The number of thioether (sulfide) groups is 1. The highest BCUT2D eigenvalue weighted by Crippen LogP contribution is 2.49. The number of hydrogen-bond donors (Lipinski definition) is 2. The number of carbonyl (C=O) groups excluding carboxylic acids is 2.